The van der Waals surface area contributed by atoms with E-state index in [1.165, 1.54) is 0 Å². The molecule has 1 unspecified atom stereocenters. The van der Waals surface area contributed by atoms with Crippen molar-refractivity contribution in [3.05, 3.63) is 18.2 Å². The summed E-state index contributed by atoms with van der Waals surface area (Å²) in [6.07, 6.45) is 5.47. The molecule has 0 spiro atoms. The fourth-order valence-corrected chi connectivity index (χ4v) is 2.07. The zero-order valence-electron chi connectivity index (χ0n) is 9.35. The first kappa shape index (κ1) is 11.1. The van der Waals surface area contributed by atoms with Crippen LogP contribution >= 0.6 is 0 Å². The Morgan fingerprint density at radius 3 is 3.06 bits per heavy atom. The van der Waals surface area contributed by atoms with Crippen LogP contribution in [0, 0.1) is 5.41 Å². The lowest BCUT2D eigenvalue weighted by atomic mass is 9.82. The maximum absolute atomic E-state index is 11.3. The lowest BCUT2D eigenvalue weighted by Gasteiger charge is -2.21. The highest BCUT2D eigenvalue weighted by atomic mass is 16.5. The first-order chi connectivity index (χ1) is 7.64. The first-order valence-electron chi connectivity index (χ1n) is 5.41. The molecule has 1 fully saturated rings. The van der Waals surface area contributed by atoms with E-state index in [2.05, 4.69) is 4.98 Å². The summed E-state index contributed by atoms with van der Waals surface area (Å²) < 4.78 is 7.14. The van der Waals surface area contributed by atoms with Gasteiger partial charge in [-0.05, 0) is 12.8 Å². The lowest BCUT2D eigenvalue weighted by Crippen LogP contribution is -2.32. The Morgan fingerprint density at radius 2 is 2.56 bits per heavy atom. The molecule has 0 aliphatic carbocycles. The maximum Gasteiger partial charge on any atom is 0.312 e. The molecular weight excluding hydrogens is 208 g/mol. The van der Waals surface area contributed by atoms with Crippen LogP contribution in [-0.2, 0) is 23.0 Å². The van der Waals surface area contributed by atoms with Crippen LogP contribution in [0.5, 0.6) is 0 Å². The standard InChI is InChI=1S/C11H16N2O3/c1-13-6-5-12-9(13)2-3-11(10(14)15)4-7-16-8-11/h5-6H,2-4,7-8H2,1H3,(H,14,15). The SMILES string of the molecule is Cn1ccnc1CCC1(C(=O)O)CCOC1. The molecule has 5 heteroatoms. The van der Waals surface area contributed by atoms with Crippen molar-refractivity contribution >= 4 is 5.97 Å². The first-order valence-corrected chi connectivity index (χ1v) is 5.41. The third-order valence-electron chi connectivity index (χ3n) is 3.31. The van der Waals surface area contributed by atoms with Crippen LogP contribution in [0.25, 0.3) is 0 Å². The number of hydrogen-bond acceptors (Lipinski definition) is 3. The Balaban J connectivity index is 2.03. The van der Waals surface area contributed by atoms with Gasteiger partial charge in [0.1, 0.15) is 5.82 Å². The van der Waals surface area contributed by atoms with E-state index in [0.29, 0.717) is 32.5 Å². The van der Waals surface area contributed by atoms with E-state index in [4.69, 9.17) is 4.74 Å². The van der Waals surface area contributed by atoms with E-state index in [0.717, 1.165) is 5.82 Å². The number of carboxylic acid groups (broad SMARTS) is 1. The predicted molar refractivity (Wildman–Crippen MR) is 57.0 cm³/mol. The highest BCUT2D eigenvalue weighted by molar-refractivity contribution is 5.75. The molecule has 2 heterocycles. The molecule has 0 aromatic carbocycles. The zero-order chi connectivity index (χ0) is 11.6. The number of imidazole rings is 1. The van der Waals surface area contributed by atoms with Crippen molar-refractivity contribution < 1.29 is 14.6 Å². The van der Waals surface area contributed by atoms with Crippen molar-refractivity contribution in [1.29, 1.82) is 0 Å². The summed E-state index contributed by atoms with van der Waals surface area (Å²) in [6.45, 7) is 0.875. The monoisotopic (exact) mass is 224 g/mol. The molecule has 16 heavy (non-hydrogen) atoms. The number of hydrogen-bond donors (Lipinski definition) is 1. The summed E-state index contributed by atoms with van der Waals surface area (Å²) >= 11 is 0. The van der Waals surface area contributed by atoms with Crippen LogP contribution in [0.15, 0.2) is 12.4 Å². The molecule has 0 radical (unpaired) electrons. The second kappa shape index (κ2) is 4.25. The Bertz CT molecular complexity index is 380. The van der Waals surface area contributed by atoms with Gasteiger partial charge in [0.25, 0.3) is 0 Å². The molecule has 0 bridgehead atoms. The van der Waals surface area contributed by atoms with Crippen molar-refractivity contribution in [3.63, 3.8) is 0 Å². The molecule has 0 amide bonds. The van der Waals surface area contributed by atoms with Gasteiger partial charge in [0.2, 0.25) is 0 Å². The molecule has 1 N–H and O–H groups in total. The average molecular weight is 224 g/mol. The Hall–Kier alpha value is -1.36. The van der Waals surface area contributed by atoms with Gasteiger partial charge in [0.15, 0.2) is 0 Å². The van der Waals surface area contributed by atoms with Crippen molar-refractivity contribution in [1.82, 2.24) is 9.55 Å². The summed E-state index contributed by atoms with van der Waals surface area (Å²) in [5.74, 6) is 0.173. The molecule has 0 saturated carbocycles. The van der Waals surface area contributed by atoms with Crippen LogP contribution in [-0.4, -0.2) is 33.8 Å². The normalized spacial score (nSPS) is 24.8. The van der Waals surface area contributed by atoms with E-state index in [1.54, 1.807) is 6.20 Å². The van der Waals surface area contributed by atoms with E-state index < -0.39 is 11.4 Å². The Kier molecular flexibility index (Phi) is 2.96. The van der Waals surface area contributed by atoms with Crippen molar-refractivity contribution in [2.24, 2.45) is 12.5 Å². The van der Waals surface area contributed by atoms with Gasteiger partial charge < -0.3 is 14.4 Å². The molecule has 1 aliphatic rings. The quantitative estimate of drug-likeness (QED) is 0.823. The van der Waals surface area contributed by atoms with Crippen LogP contribution in [0.1, 0.15) is 18.7 Å². The van der Waals surface area contributed by atoms with Crippen molar-refractivity contribution in [2.45, 2.75) is 19.3 Å². The molecule has 1 aliphatic heterocycles. The molecule has 1 atom stereocenters. The fourth-order valence-electron chi connectivity index (χ4n) is 2.07. The number of carbonyl (C=O) groups is 1. The Morgan fingerprint density at radius 1 is 1.75 bits per heavy atom. The van der Waals surface area contributed by atoms with E-state index in [1.807, 2.05) is 17.8 Å². The van der Waals surface area contributed by atoms with Crippen LogP contribution in [0.2, 0.25) is 0 Å². The van der Waals surface area contributed by atoms with Gasteiger partial charge in [-0.1, -0.05) is 0 Å². The number of aliphatic carboxylic acids is 1. The fraction of sp³-hybridized carbons (Fsp3) is 0.636. The topological polar surface area (TPSA) is 64.4 Å². The van der Waals surface area contributed by atoms with Crippen LogP contribution in [0.4, 0.5) is 0 Å². The highest BCUT2D eigenvalue weighted by Gasteiger charge is 2.42. The average Bonchev–Trinajstić information content (AvgIpc) is 2.84. The summed E-state index contributed by atoms with van der Waals surface area (Å²) in [5.41, 5.74) is -0.702. The predicted octanol–water partition coefficient (Wildman–Crippen LogP) is 0.844. The van der Waals surface area contributed by atoms with Gasteiger partial charge in [-0.15, -0.1) is 0 Å². The number of carboxylic acids is 1. The van der Waals surface area contributed by atoms with Crippen LogP contribution in [0.3, 0.4) is 0 Å². The summed E-state index contributed by atoms with van der Waals surface area (Å²) in [7, 11) is 1.92. The number of rotatable bonds is 4. The van der Waals surface area contributed by atoms with Crippen LogP contribution < -0.4 is 0 Å². The van der Waals surface area contributed by atoms with E-state index in [9.17, 15) is 9.90 Å². The van der Waals surface area contributed by atoms with Gasteiger partial charge in [-0.3, -0.25) is 4.79 Å². The lowest BCUT2D eigenvalue weighted by molar-refractivity contribution is -0.149. The smallest absolute Gasteiger partial charge is 0.312 e. The van der Waals surface area contributed by atoms with Gasteiger partial charge in [-0.25, -0.2) is 4.98 Å². The minimum Gasteiger partial charge on any atom is -0.481 e. The Labute approximate surface area is 94.1 Å². The molecule has 1 aromatic heterocycles. The summed E-state index contributed by atoms with van der Waals surface area (Å²) in [4.78, 5) is 15.5. The number of ether oxygens (including phenoxy) is 1. The molecule has 2 rings (SSSR count). The number of nitrogens with zero attached hydrogens (tertiary/aromatic N) is 2. The van der Waals surface area contributed by atoms with Gasteiger partial charge in [0.05, 0.1) is 12.0 Å². The maximum atomic E-state index is 11.3. The molecule has 88 valence electrons. The minimum absolute atomic E-state index is 0.326. The third kappa shape index (κ3) is 1.95. The second-order valence-corrected chi connectivity index (χ2v) is 4.34. The molecule has 5 nitrogen and oxygen atoms in total. The number of aryl methyl sites for hydroxylation is 2. The van der Waals surface area contributed by atoms with E-state index >= 15 is 0 Å². The molecule has 1 saturated heterocycles. The summed E-state index contributed by atoms with van der Waals surface area (Å²) in [5, 5.41) is 9.25. The summed E-state index contributed by atoms with van der Waals surface area (Å²) in [6, 6.07) is 0. The third-order valence-corrected chi connectivity index (χ3v) is 3.31. The second-order valence-electron chi connectivity index (χ2n) is 4.34. The van der Waals surface area contributed by atoms with Gasteiger partial charge in [0, 0.05) is 32.5 Å². The molecular formula is C11H16N2O3. The zero-order valence-corrected chi connectivity index (χ0v) is 9.35. The number of aromatic nitrogens is 2. The van der Waals surface area contributed by atoms with Crippen molar-refractivity contribution in [2.75, 3.05) is 13.2 Å². The molecule has 1 aromatic rings. The highest BCUT2D eigenvalue weighted by Crippen LogP contribution is 2.33. The van der Waals surface area contributed by atoms with Gasteiger partial charge >= 0.3 is 5.97 Å². The minimum atomic E-state index is -0.751. The largest absolute Gasteiger partial charge is 0.481 e. The van der Waals surface area contributed by atoms with Gasteiger partial charge in [-0.2, -0.15) is 0 Å². The van der Waals surface area contributed by atoms with E-state index in [-0.39, 0.29) is 0 Å². The van der Waals surface area contributed by atoms with Crippen molar-refractivity contribution in [3.8, 4) is 0 Å².